The minimum Gasteiger partial charge on any atom is -0.206 e. The molecule has 0 amide bonds. The van der Waals surface area contributed by atoms with Crippen molar-refractivity contribution in [3.8, 4) is 11.1 Å². The lowest BCUT2D eigenvalue weighted by molar-refractivity contribution is 0.628. The Bertz CT molecular complexity index is 460. The van der Waals surface area contributed by atoms with Crippen LogP contribution in [0, 0.1) is 5.82 Å². The van der Waals surface area contributed by atoms with Crippen molar-refractivity contribution in [1.82, 2.24) is 0 Å². The highest BCUT2D eigenvalue weighted by Gasteiger charge is 2.04. The van der Waals surface area contributed by atoms with Crippen molar-refractivity contribution in [3.63, 3.8) is 0 Å². The average Bonchev–Trinajstić information content (AvgIpc) is 2.31. The van der Waals surface area contributed by atoms with Crippen molar-refractivity contribution in [1.29, 1.82) is 0 Å². The molecule has 16 heavy (non-hydrogen) atoms. The lowest BCUT2D eigenvalue weighted by atomic mass is 10.0. The highest BCUT2D eigenvalue weighted by Crippen LogP contribution is 2.23. The van der Waals surface area contributed by atoms with Gasteiger partial charge in [-0.2, -0.15) is 0 Å². The van der Waals surface area contributed by atoms with E-state index in [9.17, 15) is 4.39 Å². The van der Waals surface area contributed by atoms with Gasteiger partial charge in [-0.3, -0.25) is 0 Å². The summed E-state index contributed by atoms with van der Waals surface area (Å²) in [6, 6.07) is 15.2. The number of rotatable bonds is 3. The molecule has 0 fully saturated rings. The molecule has 2 rings (SSSR count). The van der Waals surface area contributed by atoms with Gasteiger partial charge in [-0.25, -0.2) is 4.39 Å². The summed E-state index contributed by atoms with van der Waals surface area (Å²) >= 11 is 0. The molecule has 0 heterocycles. The van der Waals surface area contributed by atoms with Gasteiger partial charge in [-0.05, 0) is 23.6 Å². The minimum atomic E-state index is -0.128. The van der Waals surface area contributed by atoms with Gasteiger partial charge in [-0.1, -0.05) is 55.8 Å². The molecule has 2 aromatic carbocycles. The quantitative estimate of drug-likeness (QED) is 0.708. The van der Waals surface area contributed by atoms with Crippen molar-refractivity contribution >= 4 is 0 Å². The lowest BCUT2D eigenvalue weighted by Crippen LogP contribution is -1.89. The zero-order valence-corrected chi connectivity index (χ0v) is 9.41. The Morgan fingerprint density at radius 1 is 1.00 bits per heavy atom. The molecule has 0 radical (unpaired) electrons. The van der Waals surface area contributed by atoms with Crippen LogP contribution in [0.3, 0.4) is 0 Å². The molecule has 0 aromatic heterocycles. The van der Waals surface area contributed by atoms with Gasteiger partial charge in [-0.15, -0.1) is 0 Å². The fourth-order valence-corrected chi connectivity index (χ4v) is 1.85. The Kier molecular flexibility index (Phi) is 3.35. The van der Waals surface area contributed by atoms with Gasteiger partial charge in [0.1, 0.15) is 5.82 Å². The monoisotopic (exact) mass is 214 g/mol. The van der Waals surface area contributed by atoms with Crippen LogP contribution in [0.4, 0.5) is 4.39 Å². The zero-order chi connectivity index (χ0) is 11.4. The second-order valence-corrected chi connectivity index (χ2v) is 3.93. The van der Waals surface area contributed by atoms with Crippen molar-refractivity contribution in [2.75, 3.05) is 0 Å². The third-order valence-electron chi connectivity index (χ3n) is 2.66. The normalized spacial score (nSPS) is 10.4. The van der Waals surface area contributed by atoms with E-state index >= 15 is 0 Å². The first kappa shape index (κ1) is 10.9. The number of halogens is 1. The largest absolute Gasteiger partial charge is 0.206 e. The summed E-state index contributed by atoms with van der Waals surface area (Å²) in [6.07, 6.45) is 1.98. The average molecular weight is 214 g/mol. The van der Waals surface area contributed by atoms with Crippen LogP contribution >= 0.6 is 0 Å². The zero-order valence-electron chi connectivity index (χ0n) is 9.41. The maximum atomic E-state index is 13.9. The van der Waals surface area contributed by atoms with Crippen LogP contribution < -0.4 is 0 Å². The summed E-state index contributed by atoms with van der Waals surface area (Å²) in [5.74, 6) is -0.128. The molecule has 0 atom stereocenters. The van der Waals surface area contributed by atoms with Crippen molar-refractivity contribution in [3.05, 3.63) is 59.9 Å². The first-order chi connectivity index (χ1) is 7.81. The maximum absolute atomic E-state index is 13.9. The standard InChI is InChI=1S/C15H15F/c1-2-6-12-9-10-14(15(16)11-12)13-7-4-3-5-8-13/h3-5,7-11H,2,6H2,1H3. The molecule has 0 N–H and O–H groups in total. The van der Waals surface area contributed by atoms with E-state index in [-0.39, 0.29) is 5.82 Å². The van der Waals surface area contributed by atoms with E-state index in [0.717, 1.165) is 24.0 Å². The fourth-order valence-electron chi connectivity index (χ4n) is 1.85. The summed E-state index contributed by atoms with van der Waals surface area (Å²) in [5, 5.41) is 0. The van der Waals surface area contributed by atoms with Gasteiger partial charge in [0.2, 0.25) is 0 Å². The second kappa shape index (κ2) is 4.93. The van der Waals surface area contributed by atoms with E-state index in [1.165, 1.54) is 0 Å². The van der Waals surface area contributed by atoms with Gasteiger partial charge in [0.25, 0.3) is 0 Å². The van der Waals surface area contributed by atoms with Gasteiger partial charge in [0, 0.05) is 5.56 Å². The molecule has 0 aliphatic rings. The summed E-state index contributed by atoms with van der Waals surface area (Å²) < 4.78 is 13.9. The summed E-state index contributed by atoms with van der Waals surface area (Å²) in [4.78, 5) is 0. The van der Waals surface area contributed by atoms with E-state index in [1.54, 1.807) is 6.07 Å². The first-order valence-corrected chi connectivity index (χ1v) is 5.65. The first-order valence-electron chi connectivity index (χ1n) is 5.65. The molecule has 0 aliphatic carbocycles. The van der Waals surface area contributed by atoms with E-state index in [1.807, 2.05) is 42.5 Å². The third-order valence-corrected chi connectivity index (χ3v) is 2.66. The molecular weight excluding hydrogens is 199 g/mol. The molecule has 0 aliphatic heterocycles. The second-order valence-electron chi connectivity index (χ2n) is 3.93. The SMILES string of the molecule is CCCc1ccc(-c2ccccc2)c(F)c1. The minimum absolute atomic E-state index is 0.128. The molecule has 1 heteroatoms. The van der Waals surface area contributed by atoms with Gasteiger partial charge in [0.15, 0.2) is 0 Å². The number of aryl methyl sites for hydroxylation is 1. The molecule has 0 saturated carbocycles. The van der Waals surface area contributed by atoms with Crippen molar-refractivity contribution in [2.24, 2.45) is 0 Å². The summed E-state index contributed by atoms with van der Waals surface area (Å²) in [5.41, 5.74) is 2.68. The van der Waals surface area contributed by atoms with Gasteiger partial charge in [0.05, 0.1) is 0 Å². The molecule has 0 bridgehead atoms. The third kappa shape index (κ3) is 2.30. The van der Waals surface area contributed by atoms with E-state index in [4.69, 9.17) is 0 Å². The van der Waals surface area contributed by atoms with Crippen LogP contribution in [0.1, 0.15) is 18.9 Å². The van der Waals surface area contributed by atoms with Crippen LogP contribution in [0.2, 0.25) is 0 Å². The van der Waals surface area contributed by atoms with Gasteiger partial charge < -0.3 is 0 Å². The summed E-state index contributed by atoms with van der Waals surface area (Å²) in [6.45, 7) is 2.10. The molecule has 0 spiro atoms. The predicted molar refractivity (Wildman–Crippen MR) is 65.8 cm³/mol. The van der Waals surface area contributed by atoms with Crippen LogP contribution in [0.15, 0.2) is 48.5 Å². The van der Waals surface area contributed by atoms with Crippen molar-refractivity contribution < 1.29 is 4.39 Å². The molecule has 2 aromatic rings. The predicted octanol–water partition coefficient (Wildman–Crippen LogP) is 4.45. The molecule has 0 nitrogen and oxygen atoms in total. The van der Waals surface area contributed by atoms with Crippen LogP contribution in [-0.2, 0) is 6.42 Å². The van der Waals surface area contributed by atoms with E-state index in [0.29, 0.717) is 5.56 Å². The van der Waals surface area contributed by atoms with Crippen molar-refractivity contribution in [2.45, 2.75) is 19.8 Å². The van der Waals surface area contributed by atoms with E-state index in [2.05, 4.69) is 6.92 Å². The van der Waals surface area contributed by atoms with Crippen LogP contribution in [0.25, 0.3) is 11.1 Å². The van der Waals surface area contributed by atoms with Gasteiger partial charge >= 0.3 is 0 Å². The molecule has 82 valence electrons. The number of hydrogen-bond donors (Lipinski definition) is 0. The highest BCUT2D eigenvalue weighted by atomic mass is 19.1. The summed E-state index contributed by atoms with van der Waals surface area (Å²) in [7, 11) is 0. The smallest absolute Gasteiger partial charge is 0.131 e. The maximum Gasteiger partial charge on any atom is 0.131 e. The molecular formula is C15H15F. The fraction of sp³-hybridized carbons (Fsp3) is 0.200. The Morgan fingerprint density at radius 3 is 2.38 bits per heavy atom. The van der Waals surface area contributed by atoms with Crippen LogP contribution in [-0.4, -0.2) is 0 Å². The Morgan fingerprint density at radius 2 is 1.75 bits per heavy atom. The number of benzene rings is 2. The highest BCUT2D eigenvalue weighted by molar-refractivity contribution is 5.64. The van der Waals surface area contributed by atoms with Crippen LogP contribution in [0.5, 0.6) is 0 Å². The Hall–Kier alpha value is -1.63. The topological polar surface area (TPSA) is 0 Å². The molecule has 0 saturated heterocycles. The molecule has 0 unspecified atom stereocenters. The Labute approximate surface area is 95.7 Å². The van der Waals surface area contributed by atoms with E-state index < -0.39 is 0 Å². The Balaban J connectivity index is 2.37. The number of hydrogen-bond acceptors (Lipinski definition) is 0. The lowest BCUT2D eigenvalue weighted by Gasteiger charge is -2.05.